The highest BCUT2D eigenvalue weighted by molar-refractivity contribution is 9.10. The van der Waals surface area contributed by atoms with Gasteiger partial charge in [0.1, 0.15) is 0 Å². The molecule has 5 nitrogen and oxygen atoms in total. The summed E-state index contributed by atoms with van der Waals surface area (Å²) in [7, 11) is 3.36. The minimum Gasteiger partial charge on any atom is -0.476 e. The summed E-state index contributed by atoms with van der Waals surface area (Å²) in [4.78, 5) is 10.9. The molecule has 0 fully saturated rings. The first kappa shape index (κ1) is 13.8. The van der Waals surface area contributed by atoms with Crippen molar-refractivity contribution in [3.05, 3.63) is 40.0 Å². The van der Waals surface area contributed by atoms with Gasteiger partial charge >= 0.3 is 5.97 Å². The molecular formula is C13H13BrN2O3. The molecule has 2 rings (SSSR count). The molecule has 2 aromatic rings. The van der Waals surface area contributed by atoms with E-state index in [1.54, 1.807) is 24.9 Å². The molecule has 1 aromatic heterocycles. The quantitative estimate of drug-likeness (QED) is 0.939. The van der Waals surface area contributed by atoms with Gasteiger partial charge < -0.3 is 9.84 Å². The van der Waals surface area contributed by atoms with Crippen molar-refractivity contribution < 1.29 is 14.6 Å². The van der Waals surface area contributed by atoms with Crippen LogP contribution in [-0.2, 0) is 18.4 Å². The summed E-state index contributed by atoms with van der Waals surface area (Å²) in [5, 5.41) is 12.9. The molecule has 0 aliphatic rings. The van der Waals surface area contributed by atoms with Crippen molar-refractivity contribution in [3.63, 3.8) is 0 Å². The first-order chi connectivity index (χ1) is 9.02. The van der Waals surface area contributed by atoms with Crippen LogP contribution in [0.5, 0.6) is 0 Å². The number of hydrogen-bond donors (Lipinski definition) is 1. The van der Waals surface area contributed by atoms with Gasteiger partial charge in [-0.25, -0.2) is 4.79 Å². The smallest absolute Gasteiger partial charge is 0.356 e. The van der Waals surface area contributed by atoms with Crippen LogP contribution >= 0.6 is 15.9 Å². The maximum Gasteiger partial charge on any atom is 0.356 e. The lowest BCUT2D eigenvalue weighted by Gasteiger charge is -2.07. The number of carbonyl (C=O) groups is 1. The van der Waals surface area contributed by atoms with Crippen molar-refractivity contribution in [1.82, 2.24) is 9.78 Å². The largest absolute Gasteiger partial charge is 0.476 e. The topological polar surface area (TPSA) is 64.3 Å². The Hall–Kier alpha value is -1.66. The lowest BCUT2D eigenvalue weighted by atomic mass is 10.1. The number of carboxylic acid groups (broad SMARTS) is 1. The van der Waals surface area contributed by atoms with Crippen molar-refractivity contribution in [3.8, 4) is 11.3 Å². The third-order valence-corrected chi connectivity index (χ3v) is 3.49. The highest BCUT2D eigenvalue weighted by Gasteiger charge is 2.13. The van der Waals surface area contributed by atoms with Gasteiger partial charge in [-0.05, 0) is 17.7 Å². The van der Waals surface area contributed by atoms with E-state index in [0.717, 1.165) is 21.3 Å². The predicted octanol–water partition coefficient (Wildman–Crippen LogP) is 2.69. The maximum absolute atomic E-state index is 10.9. The molecule has 100 valence electrons. The van der Waals surface area contributed by atoms with Crippen LogP contribution in [0.3, 0.4) is 0 Å². The van der Waals surface area contributed by atoms with E-state index in [-0.39, 0.29) is 5.69 Å². The van der Waals surface area contributed by atoms with Crippen molar-refractivity contribution >= 4 is 21.9 Å². The molecule has 0 bridgehead atoms. The van der Waals surface area contributed by atoms with Gasteiger partial charge in [0.2, 0.25) is 0 Å². The fourth-order valence-electron chi connectivity index (χ4n) is 1.82. The lowest BCUT2D eigenvalue weighted by molar-refractivity contribution is 0.0689. The molecule has 1 heterocycles. The number of rotatable bonds is 4. The molecule has 0 aliphatic heterocycles. The zero-order chi connectivity index (χ0) is 14.0. The highest BCUT2D eigenvalue weighted by atomic mass is 79.9. The summed E-state index contributed by atoms with van der Waals surface area (Å²) >= 11 is 3.48. The number of nitrogens with zero attached hydrogens (tertiary/aromatic N) is 2. The van der Waals surface area contributed by atoms with Crippen molar-refractivity contribution in [1.29, 1.82) is 0 Å². The summed E-state index contributed by atoms with van der Waals surface area (Å²) in [6, 6.07) is 7.34. The standard InChI is InChI=1S/C13H13BrN2O3/c1-16-12(6-11(15-16)13(17)18)8-3-4-9(7-19-2)10(14)5-8/h3-6H,7H2,1-2H3,(H,17,18). The van der Waals surface area contributed by atoms with Crippen LogP contribution in [0.4, 0.5) is 0 Å². The predicted molar refractivity (Wildman–Crippen MR) is 74.0 cm³/mol. The molecule has 0 radical (unpaired) electrons. The van der Waals surface area contributed by atoms with E-state index >= 15 is 0 Å². The molecule has 0 amide bonds. The third kappa shape index (κ3) is 2.85. The molecule has 1 N–H and O–H groups in total. The van der Waals surface area contributed by atoms with Gasteiger partial charge in [0, 0.05) is 24.2 Å². The lowest BCUT2D eigenvalue weighted by Crippen LogP contribution is -1.99. The Balaban J connectivity index is 2.42. The number of aryl methyl sites for hydroxylation is 1. The van der Waals surface area contributed by atoms with Gasteiger partial charge in [-0.1, -0.05) is 28.1 Å². The van der Waals surface area contributed by atoms with E-state index in [0.29, 0.717) is 6.61 Å². The van der Waals surface area contributed by atoms with Crippen molar-refractivity contribution in [2.45, 2.75) is 6.61 Å². The molecular weight excluding hydrogens is 312 g/mol. The van der Waals surface area contributed by atoms with Crippen LogP contribution in [0.1, 0.15) is 16.1 Å². The minimum absolute atomic E-state index is 0.0367. The summed E-state index contributed by atoms with van der Waals surface area (Å²) in [5.41, 5.74) is 2.72. The van der Waals surface area contributed by atoms with E-state index in [2.05, 4.69) is 21.0 Å². The molecule has 0 atom stereocenters. The molecule has 0 unspecified atom stereocenters. The van der Waals surface area contributed by atoms with Crippen LogP contribution in [0, 0.1) is 0 Å². The second-order valence-corrected chi connectivity index (χ2v) is 4.94. The number of carboxylic acids is 1. The molecule has 0 saturated carbocycles. The number of aromatic carboxylic acids is 1. The Morgan fingerprint density at radius 3 is 2.74 bits per heavy atom. The van der Waals surface area contributed by atoms with Gasteiger partial charge in [-0.2, -0.15) is 5.10 Å². The molecule has 19 heavy (non-hydrogen) atoms. The Labute approximate surface area is 118 Å². The zero-order valence-electron chi connectivity index (χ0n) is 10.6. The number of methoxy groups -OCH3 is 1. The number of benzene rings is 1. The fraction of sp³-hybridized carbons (Fsp3) is 0.231. The third-order valence-electron chi connectivity index (χ3n) is 2.75. The van der Waals surface area contributed by atoms with Gasteiger partial charge in [0.15, 0.2) is 5.69 Å². The molecule has 1 aromatic carbocycles. The molecule has 6 heteroatoms. The van der Waals surface area contributed by atoms with Gasteiger partial charge in [0.25, 0.3) is 0 Å². The summed E-state index contributed by atoms with van der Waals surface area (Å²) < 4.78 is 7.57. The number of aromatic nitrogens is 2. The Bertz CT molecular complexity index is 622. The maximum atomic E-state index is 10.9. The molecule has 0 spiro atoms. The van der Waals surface area contributed by atoms with Crippen LogP contribution in [0.2, 0.25) is 0 Å². The normalized spacial score (nSPS) is 10.7. The highest BCUT2D eigenvalue weighted by Crippen LogP contribution is 2.26. The van der Waals surface area contributed by atoms with E-state index in [1.807, 2.05) is 18.2 Å². The van der Waals surface area contributed by atoms with E-state index < -0.39 is 5.97 Å². The average molecular weight is 325 g/mol. The monoisotopic (exact) mass is 324 g/mol. The first-order valence-corrected chi connectivity index (χ1v) is 6.37. The van der Waals surface area contributed by atoms with E-state index in [4.69, 9.17) is 9.84 Å². The Kier molecular flexibility index (Phi) is 4.01. The van der Waals surface area contributed by atoms with E-state index in [9.17, 15) is 4.79 Å². The number of halogens is 1. The summed E-state index contributed by atoms with van der Waals surface area (Å²) in [5.74, 6) is -1.03. The second kappa shape index (κ2) is 5.54. The molecule has 0 saturated heterocycles. The van der Waals surface area contributed by atoms with Crippen molar-refractivity contribution in [2.24, 2.45) is 7.05 Å². The Morgan fingerprint density at radius 2 is 2.21 bits per heavy atom. The van der Waals surface area contributed by atoms with E-state index in [1.165, 1.54) is 0 Å². The second-order valence-electron chi connectivity index (χ2n) is 4.08. The fourth-order valence-corrected chi connectivity index (χ4v) is 2.31. The minimum atomic E-state index is -1.03. The van der Waals surface area contributed by atoms with Gasteiger partial charge in [0.05, 0.1) is 12.3 Å². The average Bonchev–Trinajstić information content (AvgIpc) is 2.74. The van der Waals surface area contributed by atoms with Crippen LogP contribution in [-0.4, -0.2) is 28.0 Å². The molecule has 0 aliphatic carbocycles. The van der Waals surface area contributed by atoms with Crippen LogP contribution < -0.4 is 0 Å². The van der Waals surface area contributed by atoms with Crippen LogP contribution in [0.25, 0.3) is 11.3 Å². The SMILES string of the molecule is COCc1ccc(-c2cc(C(=O)O)nn2C)cc1Br. The zero-order valence-corrected chi connectivity index (χ0v) is 12.1. The van der Waals surface area contributed by atoms with Crippen molar-refractivity contribution in [2.75, 3.05) is 7.11 Å². The van der Waals surface area contributed by atoms with Gasteiger partial charge in [-0.3, -0.25) is 4.68 Å². The Morgan fingerprint density at radius 1 is 1.47 bits per heavy atom. The number of ether oxygens (including phenoxy) is 1. The van der Waals surface area contributed by atoms with Crippen LogP contribution in [0.15, 0.2) is 28.7 Å². The number of hydrogen-bond acceptors (Lipinski definition) is 3. The van der Waals surface area contributed by atoms with Gasteiger partial charge in [-0.15, -0.1) is 0 Å². The first-order valence-electron chi connectivity index (χ1n) is 5.58. The summed E-state index contributed by atoms with van der Waals surface area (Å²) in [6.07, 6.45) is 0. The summed E-state index contributed by atoms with van der Waals surface area (Å²) in [6.45, 7) is 0.520.